The lowest BCUT2D eigenvalue weighted by atomic mass is 10.1. The fourth-order valence-corrected chi connectivity index (χ4v) is 2.70. The summed E-state index contributed by atoms with van der Waals surface area (Å²) in [5, 5.41) is 8.12. The molecular formula is C12H22Cl2N4O. The Hall–Kier alpha value is -0.330. The molecule has 2 aliphatic heterocycles. The zero-order valence-corrected chi connectivity index (χ0v) is 12.9. The summed E-state index contributed by atoms with van der Waals surface area (Å²) in [7, 11) is 2.06. The van der Waals surface area contributed by atoms with Crippen molar-refractivity contribution in [1.29, 1.82) is 0 Å². The summed E-state index contributed by atoms with van der Waals surface area (Å²) in [6.45, 7) is 6.78. The average Bonchev–Trinajstić information content (AvgIpc) is 2.69. The van der Waals surface area contributed by atoms with Gasteiger partial charge in [-0.25, -0.2) is 0 Å². The van der Waals surface area contributed by atoms with Crippen molar-refractivity contribution in [2.75, 3.05) is 32.8 Å². The number of fused-ring (bicyclic) bond motifs is 1. The number of hydrogen-bond acceptors (Lipinski definition) is 4. The normalized spacial score (nSPS) is 19.2. The van der Waals surface area contributed by atoms with E-state index in [1.54, 1.807) is 0 Å². The second kappa shape index (κ2) is 7.45. The molecule has 0 saturated carbocycles. The van der Waals surface area contributed by atoms with Crippen molar-refractivity contribution in [3.63, 3.8) is 0 Å². The Balaban J connectivity index is 0.000000902. The van der Waals surface area contributed by atoms with Gasteiger partial charge >= 0.3 is 0 Å². The minimum Gasteiger partial charge on any atom is -0.379 e. The average molecular weight is 309 g/mol. The molecule has 3 rings (SSSR count). The quantitative estimate of drug-likeness (QED) is 0.875. The summed E-state index contributed by atoms with van der Waals surface area (Å²) in [6.07, 6.45) is 1.10. The fourth-order valence-electron chi connectivity index (χ4n) is 2.70. The smallest absolute Gasteiger partial charge is 0.0812 e. The minimum atomic E-state index is 0. The van der Waals surface area contributed by atoms with Gasteiger partial charge in [0, 0.05) is 57.4 Å². The van der Waals surface area contributed by atoms with E-state index in [-0.39, 0.29) is 24.8 Å². The molecule has 1 N–H and O–H groups in total. The zero-order chi connectivity index (χ0) is 11.7. The fraction of sp³-hybridized carbons (Fsp3) is 0.750. The van der Waals surface area contributed by atoms with Crippen LogP contribution < -0.4 is 5.32 Å². The molecule has 19 heavy (non-hydrogen) atoms. The minimum absolute atomic E-state index is 0. The largest absolute Gasteiger partial charge is 0.379 e. The van der Waals surface area contributed by atoms with Gasteiger partial charge in [-0.2, -0.15) is 5.10 Å². The standard InChI is InChI=1S/C12H20N4O.2ClH/c1-15-12-2-3-13-8-10(12)11(14-15)9-16-4-6-17-7-5-16;;/h13H,2-9H2,1H3;2*1H. The number of halogens is 2. The topological polar surface area (TPSA) is 42.3 Å². The van der Waals surface area contributed by atoms with Crippen LogP contribution in [-0.4, -0.2) is 47.5 Å². The van der Waals surface area contributed by atoms with Crippen molar-refractivity contribution in [2.45, 2.75) is 19.5 Å². The van der Waals surface area contributed by atoms with Crippen LogP contribution in [-0.2, 0) is 31.3 Å². The van der Waals surface area contributed by atoms with Crippen LogP contribution in [0.4, 0.5) is 0 Å². The highest BCUT2D eigenvalue weighted by Crippen LogP contribution is 2.19. The molecule has 1 fully saturated rings. The molecular weight excluding hydrogens is 287 g/mol. The molecule has 0 atom stereocenters. The Morgan fingerprint density at radius 3 is 2.74 bits per heavy atom. The van der Waals surface area contributed by atoms with E-state index in [1.165, 1.54) is 17.0 Å². The van der Waals surface area contributed by atoms with Gasteiger partial charge in [0.25, 0.3) is 0 Å². The Labute approximate surface area is 126 Å². The zero-order valence-electron chi connectivity index (χ0n) is 11.2. The van der Waals surface area contributed by atoms with Crippen molar-refractivity contribution in [3.05, 3.63) is 17.0 Å². The predicted molar refractivity (Wildman–Crippen MR) is 79.2 cm³/mol. The number of nitrogens with one attached hydrogen (secondary N) is 1. The summed E-state index contributed by atoms with van der Waals surface area (Å²) in [5.41, 5.74) is 4.08. The summed E-state index contributed by atoms with van der Waals surface area (Å²) in [5.74, 6) is 0. The number of morpholine rings is 1. The third-order valence-corrected chi connectivity index (χ3v) is 3.68. The van der Waals surface area contributed by atoms with Crippen LogP contribution in [0.3, 0.4) is 0 Å². The molecule has 110 valence electrons. The second-order valence-electron chi connectivity index (χ2n) is 4.81. The predicted octanol–water partition coefficient (Wildman–Crippen LogP) is 0.742. The maximum atomic E-state index is 5.38. The van der Waals surface area contributed by atoms with Crippen molar-refractivity contribution in [1.82, 2.24) is 20.0 Å². The summed E-state index contributed by atoms with van der Waals surface area (Å²) in [4.78, 5) is 2.43. The molecule has 0 amide bonds. The third-order valence-electron chi connectivity index (χ3n) is 3.68. The molecule has 0 radical (unpaired) electrons. The Morgan fingerprint density at radius 1 is 1.26 bits per heavy atom. The first-order valence-corrected chi connectivity index (χ1v) is 6.39. The number of ether oxygens (including phenoxy) is 1. The third kappa shape index (κ3) is 3.61. The van der Waals surface area contributed by atoms with E-state index < -0.39 is 0 Å². The molecule has 0 aromatic carbocycles. The molecule has 2 aliphatic rings. The number of aromatic nitrogens is 2. The summed E-state index contributed by atoms with van der Waals surface area (Å²) in [6, 6.07) is 0. The van der Waals surface area contributed by atoms with Crippen molar-refractivity contribution in [2.24, 2.45) is 7.05 Å². The van der Waals surface area contributed by atoms with Gasteiger partial charge in [-0.15, -0.1) is 24.8 Å². The molecule has 0 unspecified atom stereocenters. The van der Waals surface area contributed by atoms with Crippen LogP contribution in [0.1, 0.15) is 17.0 Å². The van der Waals surface area contributed by atoms with Gasteiger partial charge in [0.15, 0.2) is 0 Å². The molecule has 5 nitrogen and oxygen atoms in total. The number of aryl methyl sites for hydroxylation is 1. The molecule has 1 aromatic rings. The molecule has 1 saturated heterocycles. The first kappa shape index (κ1) is 16.7. The van der Waals surface area contributed by atoms with Crippen molar-refractivity contribution < 1.29 is 4.74 Å². The molecule has 0 aliphatic carbocycles. The summed E-state index contributed by atoms with van der Waals surface area (Å²) >= 11 is 0. The molecule has 0 bridgehead atoms. The van der Waals surface area contributed by atoms with E-state index >= 15 is 0 Å². The Bertz CT molecular complexity index is 405. The van der Waals surface area contributed by atoms with Crippen LogP contribution in [0, 0.1) is 0 Å². The van der Waals surface area contributed by atoms with E-state index in [0.717, 1.165) is 52.4 Å². The lowest BCUT2D eigenvalue weighted by Gasteiger charge is -2.26. The van der Waals surface area contributed by atoms with Crippen LogP contribution in [0.15, 0.2) is 0 Å². The van der Waals surface area contributed by atoms with Crippen LogP contribution >= 0.6 is 24.8 Å². The highest BCUT2D eigenvalue weighted by Gasteiger charge is 2.21. The Kier molecular flexibility index (Phi) is 6.56. The Morgan fingerprint density at radius 2 is 2.00 bits per heavy atom. The first-order valence-electron chi connectivity index (χ1n) is 6.39. The van der Waals surface area contributed by atoms with E-state index in [0.29, 0.717) is 0 Å². The molecule has 0 spiro atoms. The maximum Gasteiger partial charge on any atom is 0.0812 e. The van der Waals surface area contributed by atoms with Crippen LogP contribution in [0.25, 0.3) is 0 Å². The highest BCUT2D eigenvalue weighted by atomic mass is 35.5. The number of rotatable bonds is 2. The first-order chi connectivity index (χ1) is 8.34. The van der Waals surface area contributed by atoms with Gasteiger partial charge in [0.1, 0.15) is 0 Å². The van der Waals surface area contributed by atoms with Gasteiger partial charge in [-0.3, -0.25) is 9.58 Å². The van der Waals surface area contributed by atoms with Gasteiger partial charge in [0.2, 0.25) is 0 Å². The van der Waals surface area contributed by atoms with Gasteiger partial charge in [-0.1, -0.05) is 0 Å². The second-order valence-corrected chi connectivity index (χ2v) is 4.81. The van der Waals surface area contributed by atoms with Gasteiger partial charge < -0.3 is 10.1 Å². The van der Waals surface area contributed by atoms with Crippen LogP contribution in [0.5, 0.6) is 0 Å². The number of hydrogen-bond donors (Lipinski definition) is 1. The van der Waals surface area contributed by atoms with Gasteiger partial charge in [0.05, 0.1) is 18.9 Å². The van der Waals surface area contributed by atoms with E-state index in [2.05, 4.69) is 27.0 Å². The SMILES string of the molecule is Cl.Cl.Cn1nc(CN2CCOCC2)c2c1CCNC2. The molecule has 7 heteroatoms. The maximum absolute atomic E-state index is 5.38. The highest BCUT2D eigenvalue weighted by molar-refractivity contribution is 5.85. The lowest BCUT2D eigenvalue weighted by molar-refractivity contribution is 0.0334. The van der Waals surface area contributed by atoms with E-state index in [4.69, 9.17) is 4.74 Å². The van der Waals surface area contributed by atoms with Crippen LogP contribution in [0.2, 0.25) is 0 Å². The van der Waals surface area contributed by atoms with Crippen molar-refractivity contribution in [3.8, 4) is 0 Å². The lowest BCUT2D eigenvalue weighted by Crippen LogP contribution is -2.36. The van der Waals surface area contributed by atoms with Crippen molar-refractivity contribution >= 4 is 24.8 Å². The van der Waals surface area contributed by atoms with E-state index in [1.807, 2.05) is 0 Å². The molecule has 1 aromatic heterocycles. The van der Waals surface area contributed by atoms with E-state index in [9.17, 15) is 0 Å². The summed E-state index contributed by atoms with van der Waals surface area (Å²) < 4.78 is 7.44. The van der Waals surface area contributed by atoms with Gasteiger partial charge in [-0.05, 0) is 0 Å². The molecule has 3 heterocycles. The number of nitrogens with zero attached hydrogens (tertiary/aromatic N) is 3. The monoisotopic (exact) mass is 308 g/mol.